The van der Waals surface area contributed by atoms with Crippen molar-refractivity contribution < 1.29 is 23.1 Å². The number of nitrogens with one attached hydrogen (secondary N) is 1. The van der Waals surface area contributed by atoms with Gasteiger partial charge in [0.15, 0.2) is 0 Å². The lowest BCUT2D eigenvalue weighted by atomic mass is 10.1. The number of alkyl halides is 3. The van der Waals surface area contributed by atoms with E-state index in [1.165, 1.54) is 13.0 Å². The molecular formula is C12H13F3N2O2. The van der Waals surface area contributed by atoms with E-state index in [1.807, 2.05) is 0 Å². The molecule has 2 N–H and O–H groups in total. The van der Waals surface area contributed by atoms with Crippen LogP contribution in [0, 0.1) is 13.8 Å². The number of aromatic carboxylic acids is 1. The second-order valence-corrected chi connectivity index (χ2v) is 4.78. The lowest BCUT2D eigenvalue weighted by Gasteiger charge is -2.23. The Morgan fingerprint density at radius 1 is 1.42 bits per heavy atom. The molecule has 19 heavy (non-hydrogen) atoms. The molecule has 1 fully saturated rings. The van der Waals surface area contributed by atoms with Crippen LogP contribution in [0.4, 0.5) is 18.9 Å². The van der Waals surface area contributed by atoms with Gasteiger partial charge in [-0.3, -0.25) is 4.98 Å². The van der Waals surface area contributed by atoms with Gasteiger partial charge in [0.05, 0.1) is 11.4 Å². The first-order valence-electron chi connectivity index (χ1n) is 5.73. The molecular weight excluding hydrogens is 261 g/mol. The van der Waals surface area contributed by atoms with Gasteiger partial charge in [0, 0.05) is 5.69 Å². The Balaban J connectivity index is 2.43. The quantitative estimate of drug-likeness (QED) is 0.889. The van der Waals surface area contributed by atoms with Crippen LogP contribution in [0.1, 0.15) is 34.6 Å². The maximum atomic E-state index is 12.9. The highest BCUT2D eigenvalue weighted by Crippen LogP contribution is 2.51. The minimum atomic E-state index is -4.39. The lowest BCUT2D eigenvalue weighted by molar-refractivity contribution is -0.151. The fourth-order valence-electron chi connectivity index (χ4n) is 2.06. The fraction of sp³-hybridized carbons (Fsp3) is 0.500. The van der Waals surface area contributed by atoms with Crippen molar-refractivity contribution >= 4 is 11.7 Å². The molecule has 0 atom stereocenters. The molecule has 0 spiro atoms. The summed E-state index contributed by atoms with van der Waals surface area (Å²) in [6, 6.07) is 1.34. The number of rotatable bonds is 3. The molecule has 1 aromatic heterocycles. The number of pyridine rings is 1. The van der Waals surface area contributed by atoms with Crippen molar-refractivity contribution in [3.05, 3.63) is 23.0 Å². The van der Waals surface area contributed by atoms with Crippen molar-refractivity contribution in [1.29, 1.82) is 0 Å². The van der Waals surface area contributed by atoms with Crippen LogP contribution in [0.3, 0.4) is 0 Å². The summed E-state index contributed by atoms with van der Waals surface area (Å²) in [7, 11) is 0. The van der Waals surface area contributed by atoms with E-state index in [-0.39, 0.29) is 29.8 Å². The molecule has 0 amide bonds. The first kappa shape index (κ1) is 13.6. The minimum Gasteiger partial charge on any atom is -0.478 e. The third-order valence-corrected chi connectivity index (χ3v) is 3.21. The van der Waals surface area contributed by atoms with Crippen LogP contribution in [-0.4, -0.2) is 27.8 Å². The number of carboxylic acid groups (broad SMARTS) is 1. The molecule has 0 saturated heterocycles. The molecule has 104 valence electrons. The Labute approximate surface area is 107 Å². The summed E-state index contributed by atoms with van der Waals surface area (Å²) in [6.45, 7) is 3.08. The van der Waals surface area contributed by atoms with Crippen molar-refractivity contribution in [1.82, 2.24) is 4.98 Å². The summed E-state index contributed by atoms with van der Waals surface area (Å²) < 4.78 is 38.7. The second kappa shape index (κ2) is 4.11. The first-order chi connectivity index (χ1) is 8.66. The second-order valence-electron chi connectivity index (χ2n) is 4.78. The van der Waals surface area contributed by atoms with E-state index < -0.39 is 17.7 Å². The molecule has 4 nitrogen and oxygen atoms in total. The van der Waals surface area contributed by atoms with Gasteiger partial charge in [0.2, 0.25) is 0 Å². The van der Waals surface area contributed by atoms with E-state index >= 15 is 0 Å². The molecule has 0 aliphatic heterocycles. The Bertz CT molecular complexity index is 537. The van der Waals surface area contributed by atoms with Gasteiger partial charge in [0.1, 0.15) is 11.1 Å². The third-order valence-electron chi connectivity index (χ3n) is 3.21. The molecule has 0 aromatic carbocycles. The molecule has 7 heteroatoms. The van der Waals surface area contributed by atoms with Crippen LogP contribution < -0.4 is 5.32 Å². The zero-order valence-electron chi connectivity index (χ0n) is 10.4. The van der Waals surface area contributed by atoms with Crippen molar-refractivity contribution in [2.45, 2.75) is 38.4 Å². The number of nitrogens with zero attached hydrogens (tertiary/aromatic N) is 1. The summed E-state index contributed by atoms with van der Waals surface area (Å²) in [5.74, 6) is -1.29. The predicted molar refractivity (Wildman–Crippen MR) is 62.3 cm³/mol. The van der Waals surface area contributed by atoms with Gasteiger partial charge in [-0.1, -0.05) is 0 Å². The number of hydrogen-bond acceptors (Lipinski definition) is 3. The van der Waals surface area contributed by atoms with E-state index in [9.17, 15) is 18.0 Å². The number of carbonyl (C=O) groups is 1. The average molecular weight is 274 g/mol. The Hall–Kier alpha value is -1.79. The largest absolute Gasteiger partial charge is 0.478 e. The standard InChI is InChI=1S/C12H13F3N2O2/c1-6-5-8(9(10(18)19)7(2)16-6)17-11(3-4-11)12(13,14)15/h5H,3-4H2,1-2H3,(H,16,17)(H,18,19). The van der Waals surface area contributed by atoms with Crippen molar-refractivity contribution in [3.63, 3.8) is 0 Å². The predicted octanol–water partition coefficient (Wildman–Crippen LogP) is 2.90. The van der Waals surface area contributed by atoms with Crippen molar-refractivity contribution in [2.24, 2.45) is 0 Å². The molecule has 0 bridgehead atoms. The Morgan fingerprint density at radius 3 is 2.42 bits per heavy atom. The third kappa shape index (κ3) is 2.36. The van der Waals surface area contributed by atoms with Crippen molar-refractivity contribution in [2.75, 3.05) is 5.32 Å². The number of carboxylic acids is 1. The average Bonchev–Trinajstić information content (AvgIpc) is 2.95. The summed E-state index contributed by atoms with van der Waals surface area (Å²) in [4.78, 5) is 15.1. The Kier molecular flexibility index (Phi) is 2.95. The van der Waals surface area contributed by atoms with Gasteiger partial charge in [0.25, 0.3) is 0 Å². The van der Waals surface area contributed by atoms with E-state index in [2.05, 4.69) is 10.3 Å². The fourth-order valence-corrected chi connectivity index (χ4v) is 2.06. The van der Waals surface area contributed by atoms with Crippen LogP contribution in [-0.2, 0) is 0 Å². The van der Waals surface area contributed by atoms with E-state index in [0.29, 0.717) is 5.69 Å². The van der Waals surface area contributed by atoms with Gasteiger partial charge in [-0.05, 0) is 32.8 Å². The van der Waals surface area contributed by atoms with Gasteiger partial charge in [-0.25, -0.2) is 4.79 Å². The van der Waals surface area contributed by atoms with Crippen LogP contribution in [0.15, 0.2) is 6.07 Å². The molecule has 1 heterocycles. The van der Waals surface area contributed by atoms with E-state index in [1.54, 1.807) is 6.92 Å². The monoisotopic (exact) mass is 274 g/mol. The topological polar surface area (TPSA) is 62.2 Å². The maximum absolute atomic E-state index is 12.9. The highest BCUT2D eigenvalue weighted by atomic mass is 19.4. The highest BCUT2D eigenvalue weighted by Gasteiger charge is 2.63. The number of aromatic nitrogens is 1. The Morgan fingerprint density at radius 2 is 2.00 bits per heavy atom. The zero-order valence-corrected chi connectivity index (χ0v) is 10.4. The smallest absolute Gasteiger partial charge is 0.411 e. The van der Waals surface area contributed by atoms with Crippen LogP contribution in [0.25, 0.3) is 0 Å². The molecule has 2 rings (SSSR count). The number of halogens is 3. The van der Waals surface area contributed by atoms with Gasteiger partial charge < -0.3 is 10.4 Å². The molecule has 1 aromatic rings. The number of hydrogen-bond donors (Lipinski definition) is 2. The van der Waals surface area contributed by atoms with E-state index in [4.69, 9.17) is 5.11 Å². The normalized spacial score (nSPS) is 17.1. The van der Waals surface area contributed by atoms with Crippen LogP contribution in [0.5, 0.6) is 0 Å². The molecule has 0 unspecified atom stereocenters. The zero-order chi connectivity index (χ0) is 14.4. The number of anilines is 1. The first-order valence-corrected chi connectivity index (χ1v) is 5.73. The van der Waals surface area contributed by atoms with E-state index in [0.717, 1.165) is 0 Å². The number of aryl methyl sites for hydroxylation is 2. The minimum absolute atomic E-state index is 0.0210. The maximum Gasteiger partial charge on any atom is 0.411 e. The van der Waals surface area contributed by atoms with Crippen LogP contribution in [0.2, 0.25) is 0 Å². The summed E-state index contributed by atoms with van der Waals surface area (Å²) >= 11 is 0. The van der Waals surface area contributed by atoms with Gasteiger partial charge in [-0.15, -0.1) is 0 Å². The lowest BCUT2D eigenvalue weighted by Crippen LogP contribution is -2.39. The van der Waals surface area contributed by atoms with Crippen LogP contribution >= 0.6 is 0 Å². The van der Waals surface area contributed by atoms with Crippen molar-refractivity contribution in [3.8, 4) is 0 Å². The molecule has 1 saturated carbocycles. The highest BCUT2D eigenvalue weighted by molar-refractivity contribution is 5.95. The summed E-state index contributed by atoms with van der Waals surface area (Å²) in [5.41, 5.74) is -1.54. The molecule has 1 aliphatic carbocycles. The summed E-state index contributed by atoms with van der Waals surface area (Å²) in [6.07, 6.45) is -4.49. The SMILES string of the molecule is Cc1cc(NC2(C(F)(F)F)CC2)c(C(=O)O)c(C)n1. The van der Waals surface area contributed by atoms with Gasteiger partial charge in [-0.2, -0.15) is 13.2 Å². The molecule has 1 aliphatic rings. The van der Waals surface area contributed by atoms with Gasteiger partial charge >= 0.3 is 12.1 Å². The molecule has 0 radical (unpaired) electrons. The summed E-state index contributed by atoms with van der Waals surface area (Å²) in [5, 5.41) is 11.5.